The van der Waals surface area contributed by atoms with Gasteiger partial charge in [0.15, 0.2) is 11.6 Å². The Balaban J connectivity index is 1.54. The van der Waals surface area contributed by atoms with Crippen molar-refractivity contribution in [2.45, 2.75) is 13.0 Å². The molecule has 0 fully saturated rings. The first-order chi connectivity index (χ1) is 17.6. The molecular weight excluding hydrogens is 480 g/mol. The van der Waals surface area contributed by atoms with Crippen LogP contribution in [0, 0.1) is 0 Å². The Labute approximate surface area is 207 Å². The van der Waals surface area contributed by atoms with Crippen LogP contribution in [0.25, 0.3) is 38.1 Å². The number of anilines is 1. The topological polar surface area (TPSA) is 134 Å². The van der Waals surface area contributed by atoms with Crippen LogP contribution in [0.5, 0.6) is 6.01 Å². The summed E-state index contributed by atoms with van der Waals surface area (Å²) in [6.07, 6.45) is 6.18. The van der Waals surface area contributed by atoms with Crippen LogP contribution in [-0.2, 0) is 0 Å². The number of ether oxygens (including phenoxy) is 1. The number of fused-ring (bicyclic) bond motifs is 2. The van der Waals surface area contributed by atoms with Gasteiger partial charge in [-0.15, -0.1) is 11.3 Å². The fourth-order valence-corrected chi connectivity index (χ4v) is 4.77. The van der Waals surface area contributed by atoms with E-state index < -0.39 is 0 Å². The van der Waals surface area contributed by atoms with Crippen molar-refractivity contribution in [1.82, 2.24) is 34.6 Å². The highest BCUT2D eigenvalue weighted by molar-refractivity contribution is 7.16. The van der Waals surface area contributed by atoms with Crippen molar-refractivity contribution >= 4 is 38.3 Å². The number of rotatable bonds is 6. The lowest BCUT2D eigenvalue weighted by atomic mass is 10.00. The van der Waals surface area contributed by atoms with Crippen LogP contribution in [0.3, 0.4) is 0 Å². The smallest absolute Gasteiger partial charge is 0.316 e. The summed E-state index contributed by atoms with van der Waals surface area (Å²) in [5.41, 5.74) is 4.21. The Morgan fingerprint density at radius 3 is 2.75 bits per heavy atom. The third-order valence-corrected chi connectivity index (χ3v) is 6.51. The van der Waals surface area contributed by atoms with Gasteiger partial charge < -0.3 is 14.6 Å². The van der Waals surface area contributed by atoms with E-state index in [2.05, 4.69) is 35.4 Å². The van der Waals surface area contributed by atoms with Gasteiger partial charge in [-0.05, 0) is 23.9 Å². The predicted octanol–water partition coefficient (Wildman–Crippen LogP) is 4.02. The first kappa shape index (κ1) is 21.8. The van der Waals surface area contributed by atoms with Gasteiger partial charge in [0.25, 0.3) is 5.56 Å². The van der Waals surface area contributed by atoms with E-state index in [4.69, 9.17) is 9.26 Å². The van der Waals surface area contributed by atoms with Crippen molar-refractivity contribution in [3.05, 3.63) is 76.9 Å². The molecule has 6 rings (SSSR count). The summed E-state index contributed by atoms with van der Waals surface area (Å²) in [7, 11) is 1.50. The van der Waals surface area contributed by atoms with Gasteiger partial charge in [-0.25, -0.2) is 24.9 Å². The molecule has 1 aromatic carbocycles. The second kappa shape index (κ2) is 8.82. The van der Waals surface area contributed by atoms with Gasteiger partial charge in [0.1, 0.15) is 22.9 Å². The number of nitrogens with zero attached hydrogens (tertiary/aromatic N) is 7. The van der Waals surface area contributed by atoms with Crippen molar-refractivity contribution in [2.75, 3.05) is 12.4 Å². The third-order valence-electron chi connectivity index (χ3n) is 5.78. The van der Waals surface area contributed by atoms with E-state index >= 15 is 0 Å². The van der Waals surface area contributed by atoms with Crippen molar-refractivity contribution in [2.24, 2.45) is 0 Å². The molecule has 0 aliphatic carbocycles. The molecule has 5 heterocycles. The Morgan fingerprint density at radius 2 is 1.97 bits per heavy atom. The van der Waals surface area contributed by atoms with E-state index in [1.165, 1.54) is 35.6 Å². The fraction of sp³-hybridized carbons (Fsp3) is 0.125. The molecule has 0 aliphatic rings. The molecule has 0 spiro atoms. The van der Waals surface area contributed by atoms with Gasteiger partial charge in [-0.2, -0.15) is 0 Å². The summed E-state index contributed by atoms with van der Waals surface area (Å²) >= 11 is 1.43. The fourth-order valence-electron chi connectivity index (χ4n) is 4.14. The van der Waals surface area contributed by atoms with Gasteiger partial charge in [-0.3, -0.25) is 9.36 Å². The maximum atomic E-state index is 14.0. The molecule has 36 heavy (non-hydrogen) atoms. The lowest BCUT2D eigenvalue weighted by molar-refractivity contribution is 0.380. The number of pyridine rings is 1. The van der Waals surface area contributed by atoms with Gasteiger partial charge in [-0.1, -0.05) is 23.4 Å². The zero-order chi connectivity index (χ0) is 24.6. The minimum Gasteiger partial charge on any atom is -0.467 e. The maximum Gasteiger partial charge on any atom is 0.316 e. The Bertz CT molecular complexity index is 1750. The van der Waals surface area contributed by atoms with E-state index in [0.717, 1.165) is 10.2 Å². The third kappa shape index (κ3) is 3.64. The second-order valence-electron chi connectivity index (χ2n) is 7.89. The quantitative estimate of drug-likeness (QED) is 0.359. The minimum atomic E-state index is -0.341. The molecular formula is C24H18N8O3S. The van der Waals surface area contributed by atoms with Crippen molar-refractivity contribution in [3.8, 4) is 23.0 Å². The molecule has 1 atom stereocenters. The summed E-state index contributed by atoms with van der Waals surface area (Å²) in [6.45, 7) is 1.94. The molecule has 0 bridgehead atoms. The molecule has 12 heteroatoms. The summed E-state index contributed by atoms with van der Waals surface area (Å²) in [4.78, 5) is 36.2. The largest absolute Gasteiger partial charge is 0.467 e. The molecule has 11 nitrogen and oxygen atoms in total. The standard InChI is InChI=1S/C24H18N8O3S/c1-13(30-21-20-22(28-11-27-21)36-12-29-20)17-8-14-4-3-5-16(15-9-25-24(34-2)26-10-15)19(14)23(33)32(17)18-6-7-35-31-18/h3-13H,1-2H3,(H,27,28,30). The Morgan fingerprint density at radius 1 is 1.11 bits per heavy atom. The van der Waals surface area contributed by atoms with Crippen LogP contribution in [0.4, 0.5) is 5.82 Å². The van der Waals surface area contributed by atoms with Crippen LogP contribution >= 0.6 is 11.3 Å². The molecule has 0 radical (unpaired) electrons. The highest BCUT2D eigenvalue weighted by atomic mass is 32.1. The van der Waals surface area contributed by atoms with Crippen molar-refractivity contribution in [3.63, 3.8) is 0 Å². The van der Waals surface area contributed by atoms with Crippen LogP contribution in [0.15, 0.2) is 70.1 Å². The SMILES string of the molecule is COc1ncc(-c2cccc3cc(C(C)Nc4ncnc5scnc45)n(-c4ccon4)c(=O)c23)cn1. The maximum absolute atomic E-state index is 14.0. The van der Waals surface area contributed by atoms with E-state index in [0.29, 0.717) is 39.4 Å². The van der Waals surface area contributed by atoms with Crippen LogP contribution in [-0.4, -0.2) is 41.8 Å². The number of nitrogens with one attached hydrogen (secondary N) is 1. The van der Waals surface area contributed by atoms with Crippen LogP contribution in [0.1, 0.15) is 18.7 Å². The molecule has 0 amide bonds. The van der Waals surface area contributed by atoms with E-state index in [-0.39, 0.29) is 17.6 Å². The predicted molar refractivity (Wildman–Crippen MR) is 134 cm³/mol. The Hall–Kier alpha value is -4.71. The summed E-state index contributed by atoms with van der Waals surface area (Å²) in [6, 6.07) is 9.17. The number of thiazole rings is 1. The summed E-state index contributed by atoms with van der Waals surface area (Å²) < 4.78 is 11.7. The molecule has 1 N–H and O–H groups in total. The molecule has 0 aliphatic heterocycles. The van der Waals surface area contributed by atoms with Gasteiger partial charge in [0, 0.05) is 24.0 Å². The van der Waals surface area contributed by atoms with E-state index in [9.17, 15) is 4.79 Å². The molecule has 1 unspecified atom stereocenters. The first-order valence-electron chi connectivity index (χ1n) is 10.9. The number of benzene rings is 1. The lowest BCUT2D eigenvalue weighted by Crippen LogP contribution is -2.26. The number of methoxy groups -OCH3 is 1. The zero-order valence-corrected chi connectivity index (χ0v) is 19.9. The van der Waals surface area contributed by atoms with Crippen LogP contribution in [0.2, 0.25) is 0 Å². The highest BCUT2D eigenvalue weighted by Gasteiger charge is 2.21. The van der Waals surface area contributed by atoms with Gasteiger partial charge in [0.2, 0.25) is 0 Å². The summed E-state index contributed by atoms with van der Waals surface area (Å²) in [5, 5.41) is 8.71. The van der Waals surface area contributed by atoms with E-state index in [1.54, 1.807) is 24.0 Å². The molecule has 178 valence electrons. The number of hydrogen-bond donors (Lipinski definition) is 1. The first-order valence-corrected chi connectivity index (χ1v) is 11.8. The highest BCUT2D eigenvalue weighted by Crippen LogP contribution is 2.30. The average molecular weight is 499 g/mol. The molecule has 0 saturated carbocycles. The molecule has 5 aromatic heterocycles. The Kier molecular flexibility index (Phi) is 5.34. The number of hydrogen-bond acceptors (Lipinski definition) is 11. The average Bonchev–Trinajstić information content (AvgIpc) is 3.61. The normalized spacial score (nSPS) is 12.2. The minimum absolute atomic E-state index is 0.250. The molecule has 0 saturated heterocycles. The number of aromatic nitrogens is 7. The monoisotopic (exact) mass is 498 g/mol. The van der Waals surface area contributed by atoms with Gasteiger partial charge >= 0.3 is 6.01 Å². The van der Waals surface area contributed by atoms with Crippen molar-refractivity contribution < 1.29 is 9.26 Å². The second-order valence-corrected chi connectivity index (χ2v) is 8.72. The van der Waals surface area contributed by atoms with Crippen molar-refractivity contribution in [1.29, 1.82) is 0 Å². The lowest BCUT2D eigenvalue weighted by Gasteiger charge is -2.20. The zero-order valence-electron chi connectivity index (χ0n) is 19.1. The van der Waals surface area contributed by atoms with Gasteiger partial charge in [0.05, 0.1) is 29.7 Å². The molecule has 6 aromatic rings. The van der Waals surface area contributed by atoms with Crippen LogP contribution < -0.4 is 15.6 Å². The summed E-state index contributed by atoms with van der Waals surface area (Å²) in [5.74, 6) is 0.949. The van der Waals surface area contributed by atoms with E-state index in [1.807, 2.05) is 31.2 Å².